The van der Waals surface area contributed by atoms with Crippen LogP contribution in [0.4, 0.5) is 10.7 Å². The molecule has 0 saturated carbocycles. The van der Waals surface area contributed by atoms with Gasteiger partial charge in [-0.2, -0.15) is 4.98 Å². The minimum absolute atomic E-state index is 0.0874. The van der Waals surface area contributed by atoms with Crippen molar-refractivity contribution < 1.29 is 19.4 Å². The zero-order valence-corrected chi connectivity index (χ0v) is 11.9. The molecule has 1 atom stereocenters. The SMILES string of the molecule is COc1cc(C)nc(NC(=O)N(C)CC(C)C(=O)O)n1. The van der Waals surface area contributed by atoms with E-state index in [9.17, 15) is 9.59 Å². The van der Waals surface area contributed by atoms with Crippen molar-refractivity contribution >= 4 is 17.9 Å². The molecular formula is C12H18N4O4. The third-order valence-corrected chi connectivity index (χ3v) is 2.57. The van der Waals surface area contributed by atoms with Gasteiger partial charge in [0.15, 0.2) is 0 Å². The zero-order valence-electron chi connectivity index (χ0n) is 11.9. The standard InChI is InChI=1S/C12H18N4O4/c1-7(10(17)18)6-16(3)12(19)15-11-13-8(2)5-9(14-11)20-4/h5,7H,6H2,1-4H3,(H,17,18)(H,13,14,15,19). The van der Waals surface area contributed by atoms with Crippen molar-refractivity contribution in [3.05, 3.63) is 11.8 Å². The van der Waals surface area contributed by atoms with Gasteiger partial charge < -0.3 is 14.7 Å². The Balaban J connectivity index is 2.70. The number of hydrogen-bond donors (Lipinski definition) is 2. The lowest BCUT2D eigenvalue weighted by Crippen LogP contribution is -2.37. The summed E-state index contributed by atoms with van der Waals surface area (Å²) in [6.45, 7) is 3.36. The number of aromatic nitrogens is 2. The van der Waals surface area contributed by atoms with Crippen LogP contribution in [0.15, 0.2) is 6.07 Å². The van der Waals surface area contributed by atoms with Crippen LogP contribution in [0.25, 0.3) is 0 Å². The molecule has 0 aliphatic carbocycles. The minimum atomic E-state index is -0.960. The van der Waals surface area contributed by atoms with Crippen molar-refractivity contribution in [3.63, 3.8) is 0 Å². The highest BCUT2D eigenvalue weighted by Gasteiger charge is 2.18. The molecule has 1 unspecified atom stereocenters. The molecule has 1 rings (SSSR count). The van der Waals surface area contributed by atoms with Crippen LogP contribution in [0.2, 0.25) is 0 Å². The summed E-state index contributed by atoms with van der Waals surface area (Å²) in [5.41, 5.74) is 0.647. The Morgan fingerprint density at radius 2 is 2.15 bits per heavy atom. The number of methoxy groups -OCH3 is 1. The molecular weight excluding hydrogens is 264 g/mol. The molecule has 0 aliphatic heterocycles. The summed E-state index contributed by atoms with van der Waals surface area (Å²) in [4.78, 5) is 31.9. The molecule has 110 valence electrons. The van der Waals surface area contributed by atoms with Gasteiger partial charge in [-0.15, -0.1) is 0 Å². The highest BCUT2D eigenvalue weighted by Crippen LogP contribution is 2.11. The van der Waals surface area contributed by atoms with Crippen molar-refractivity contribution in [3.8, 4) is 5.88 Å². The first-order valence-electron chi connectivity index (χ1n) is 5.98. The second kappa shape index (κ2) is 6.69. The number of nitrogens with zero attached hydrogens (tertiary/aromatic N) is 3. The van der Waals surface area contributed by atoms with Gasteiger partial charge in [0.2, 0.25) is 11.8 Å². The molecule has 2 amide bonds. The molecule has 0 aliphatic rings. The van der Waals surface area contributed by atoms with Crippen LogP contribution in [0, 0.1) is 12.8 Å². The van der Waals surface area contributed by atoms with Gasteiger partial charge in [0.25, 0.3) is 0 Å². The summed E-state index contributed by atoms with van der Waals surface area (Å²) in [6.07, 6.45) is 0. The summed E-state index contributed by atoms with van der Waals surface area (Å²) >= 11 is 0. The second-order valence-electron chi connectivity index (χ2n) is 4.43. The van der Waals surface area contributed by atoms with Crippen LogP contribution in [0.1, 0.15) is 12.6 Å². The molecule has 0 aromatic carbocycles. The molecule has 0 radical (unpaired) electrons. The number of ether oxygens (including phenoxy) is 1. The Bertz CT molecular complexity index is 506. The number of carbonyl (C=O) groups is 2. The zero-order chi connectivity index (χ0) is 15.3. The van der Waals surface area contributed by atoms with E-state index in [2.05, 4.69) is 15.3 Å². The maximum atomic E-state index is 11.9. The average Bonchev–Trinajstić information content (AvgIpc) is 2.37. The van der Waals surface area contributed by atoms with Crippen LogP contribution < -0.4 is 10.1 Å². The number of aliphatic carboxylic acids is 1. The summed E-state index contributed by atoms with van der Waals surface area (Å²) in [5, 5.41) is 11.3. The molecule has 1 aromatic heterocycles. The Hall–Kier alpha value is -2.38. The van der Waals surface area contributed by atoms with Crippen LogP contribution in [-0.4, -0.2) is 52.7 Å². The number of anilines is 1. The van der Waals surface area contributed by atoms with E-state index >= 15 is 0 Å². The molecule has 2 N–H and O–H groups in total. The Kier molecular flexibility index (Phi) is 5.24. The van der Waals surface area contributed by atoms with E-state index in [1.165, 1.54) is 26.0 Å². The summed E-state index contributed by atoms with van der Waals surface area (Å²) in [7, 11) is 2.97. The number of hydrogen-bond acceptors (Lipinski definition) is 5. The van der Waals surface area contributed by atoms with Crippen LogP contribution in [0.3, 0.4) is 0 Å². The van der Waals surface area contributed by atoms with Gasteiger partial charge in [-0.3, -0.25) is 10.1 Å². The molecule has 20 heavy (non-hydrogen) atoms. The summed E-state index contributed by atoms with van der Waals surface area (Å²) < 4.78 is 4.98. The van der Waals surface area contributed by atoms with Gasteiger partial charge in [-0.1, -0.05) is 6.92 Å². The van der Waals surface area contributed by atoms with E-state index in [1.807, 2.05) is 0 Å². The van der Waals surface area contributed by atoms with Gasteiger partial charge >= 0.3 is 12.0 Å². The Morgan fingerprint density at radius 3 is 2.70 bits per heavy atom. The van der Waals surface area contributed by atoms with Crippen molar-refractivity contribution in [2.45, 2.75) is 13.8 Å². The summed E-state index contributed by atoms with van der Waals surface area (Å²) in [6, 6.07) is 1.15. The average molecular weight is 282 g/mol. The van der Waals surface area contributed by atoms with E-state index in [1.54, 1.807) is 13.0 Å². The van der Waals surface area contributed by atoms with Crippen LogP contribution in [0.5, 0.6) is 5.88 Å². The maximum Gasteiger partial charge on any atom is 0.323 e. The molecule has 0 saturated heterocycles. The minimum Gasteiger partial charge on any atom is -0.481 e. The predicted octanol–water partition coefficient (Wildman–Crippen LogP) is 0.978. The van der Waals surface area contributed by atoms with Gasteiger partial charge in [0.1, 0.15) is 0 Å². The van der Waals surface area contributed by atoms with Gasteiger partial charge in [0, 0.05) is 25.4 Å². The number of carbonyl (C=O) groups excluding carboxylic acids is 1. The first-order chi connectivity index (χ1) is 9.33. The first kappa shape index (κ1) is 15.7. The Morgan fingerprint density at radius 1 is 1.50 bits per heavy atom. The largest absolute Gasteiger partial charge is 0.481 e. The van der Waals surface area contributed by atoms with Crippen LogP contribution >= 0.6 is 0 Å². The number of aryl methyl sites for hydroxylation is 1. The molecule has 1 heterocycles. The fourth-order valence-corrected chi connectivity index (χ4v) is 1.46. The lowest BCUT2D eigenvalue weighted by Gasteiger charge is -2.19. The van der Waals surface area contributed by atoms with E-state index < -0.39 is 17.9 Å². The molecule has 8 nitrogen and oxygen atoms in total. The number of amides is 2. The lowest BCUT2D eigenvalue weighted by atomic mass is 10.2. The van der Waals surface area contributed by atoms with E-state index in [0.717, 1.165) is 0 Å². The maximum absolute atomic E-state index is 11.9. The Labute approximate surface area is 116 Å². The normalized spacial score (nSPS) is 11.6. The topological polar surface area (TPSA) is 105 Å². The van der Waals surface area contributed by atoms with Crippen molar-refractivity contribution in [2.24, 2.45) is 5.92 Å². The van der Waals surface area contributed by atoms with Crippen molar-refractivity contribution in [1.29, 1.82) is 0 Å². The molecule has 1 aromatic rings. The van der Waals surface area contributed by atoms with Crippen molar-refractivity contribution in [1.82, 2.24) is 14.9 Å². The number of urea groups is 1. The number of carboxylic acid groups (broad SMARTS) is 1. The molecule has 0 fully saturated rings. The molecule has 0 bridgehead atoms. The predicted molar refractivity (Wildman–Crippen MR) is 71.8 cm³/mol. The van der Waals surface area contributed by atoms with E-state index in [4.69, 9.17) is 9.84 Å². The van der Waals surface area contributed by atoms with Crippen molar-refractivity contribution in [2.75, 3.05) is 26.0 Å². The highest BCUT2D eigenvalue weighted by atomic mass is 16.5. The summed E-state index contributed by atoms with van der Waals surface area (Å²) in [5.74, 6) is -1.16. The van der Waals surface area contributed by atoms with Crippen LogP contribution in [-0.2, 0) is 4.79 Å². The van der Waals surface area contributed by atoms with Gasteiger partial charge in [-0.25, -0.2) is 9.78 Å². The quantitative estimate of drug-likeness (QED) is 0.834. The second-order valence-corrected chi connectivity index (χ2v) is 4.43. The molecule has 0 spiro atoms. The monoisotopic (exact) mass is 282 g/mol. The third-order valence-electron chi connectivity index (χ3n) is 2.57. The first-order valence-corrected chi connectivity index (χ1v) is 5.98. The van der Waals surface area contributed by atoms with Gasteiger partial charge in [0.05, 0.1) is 13.0 Å². The number of rotatable bonds is 5. The van der Waals surface area contributed by atoms with E-state index in [0.29, 0.717) is 11.6 Å². The molecule has 8 heteroatoms. The fraction of sp³-hybridized carbons (Fsp3) is 0.500. The fourth-order valence-electron chi connectivity index (χ4n) is 1.46. The number of carboxylic acids is 1. The van der Waals surface area contributed by atoms with Gasteiger partial charge in [-0.05, 0) is 6.92 Å². The van der Waals surface area contributed by atoms with E-state index in [-0.39, 0.29) is 12.5 Å². The third kappa shape index (κ3) is 4.38. The number of nitrogens with one attached hydrogen (secondary N) is 1. The highest BCUT2D eigenvalue weighted by molar-refractivity contribution is 5.87. The smallest absolute Gasteiger partial charge is 0.323 e. The lowest BCUT2D eigenvalue weighted by molar-refractivity contribution is -0.141.